The van der Waals surface area contributed by atoms with Gasteiger partial charge in [0.15, 0.2) is 5.65 Å². The minimum absolute atomic E-state index is 0.745. The second kappa shape index (κ2) is 5.92. The summed E-state index contributed by atoms with van der Waals surface area (Å²) in [5.41, 5.74) is 4.07. The number of rotatable bonds is 4. The second-order valence-corrected chi connectivity index (χ2v) is 5.76. The molecule has 0 radical (unpaired) electrons. The van der Waals surface area contributed by atoms with Crippen LogP contribution in [0, 0.1) is 0 Å². The van der Waals surface area contributed by atoms with Gasteiger partial charge in [0.2, 0.25) is 5.95 Å². The summed E-state index contributed by atoms with van der Waals surface area (Å²) in [6.07, 6.45) is 1.83. The van der Waals surface area contributed by atoms with E-state index in [4.69, 9.17) is 4.98 Å². The molecule has 0 aliphatic heterocycles. The van der Waals surface area contributed by atoms with E-state index < -0.39 is 0 Å². The van der Waals surface area contributed by atoms with Gasteiger partial charge < -0.3 is 5.32 Å². The highest BCUT2D eigenvalue weighted by Gasteiger charge is 2.14. The summed E-state index contributed by atoms with van der Waals surface area (Å²) in [5, 5.41) is 13.1. The maximum Gasteiger partial charge on any atom is 0.215 e. The summed E-state index contributed by atoms with van der Waals surface area (Å²) in [4.78, 5) is 4.79. The molecule has 120 valence electrons. The third kappa shape index (κ3) is 2.38. The van der Waals surface area contributed by atoms with E-state index in [0.717, 1.165) is 46.9 Å². The van der Waals surface area contributed by atoms with E-state index in [0.29, 0.717) is 0 Å². The van der Waals surface area contributed by atoms with Crippen LogP contribution in [0.4, 0.5) is 11.6 Å². The molecule has 0 saturated heterocycles. The van der Waals surface area contributed by atoms with Crippen LogP contribution < -0.4 is 5.32 Å². The van der Waals surface area contributed by atoms with Gasteiger partial charge in [0.05, 0.1) is 5.52 Å². The van der Waals surface area contributed by atoms with Crippen LogP contribution in [-0.4, -0.2) is 19.6 Å². The van der Waals surface area contributed by atoms with Crippen molar-refractivity contribution < 1.29 is 0 Å². The van der Waals surface area contributed by atoms with Gasteiger partial charge in [-0.1, -0.05) is 38.1 Å². The quantitative estimate of drug-likeness (QED) is 0.614. The lowest BCUT2D eigenvalue weighted by Gasteiger charge is -2.11. The smallest absolute Gasteiger partial charge is 0.215 e. The Balaban J connectivity index is 1.89. The van der Waals surface area contributed by atoms with Crippen LogP contribution in [0.25, 0.3) is 16.6 Å². The van der Waals surface area contributed by atoms with Crippen molar-refractivity contribution in [2.75, 3.05) is 5.32 Å². The van der Waals surface area contributed by atoms with Gasteiger partial charge in [-0.15, -0.1) is 10.2 Å². The maximum absolute atomic E-state index is 4.79. The Morgan fingerprint density at radius 2 is 1.71 bits per heavy atom. The first-order valence-electron chi connectivity index (χ1n) is 8.29. The monoisotopic (exact) mass is 317 g/mol. The molecule has 5 heteroatoms. The highest BCUT2D eigenvalue weighted by Crippen LogP contribution is 2.24. The van der Waals surface area contributed by atoms with Gasteiger partial charge in [0, 0.05) is 17.5 Å². The predicted molar refractivity (Wildman–Crippen MR) is 96.8 cm³/mol. The Hall–Kier alpha value is -2.95. The van der Waals surface area contributed by atoms with E-state index in [-0.39, 0.29) is 0 Å². The summed E-state index contributed by atoms with van der Waals surface area (Å²) in [6.45, 7) is 4.23. The average Bonchev–Trinajstić information content (AvgIpc) is 3.07. The minimum Gasteiger partial charge on any atom is -0.325 e. The molecule has 0 atom stereocenters. The fraction of sp³-hybridized carbons (Fsp3) is 0.211. The number of benzene rings is 2. The molecular formula is C19H19N5. The third-order valence-electron chi connectivity index (χ3n) is 4.25. The summed E-state index contributed by atoms with van der Waals surface area (Å²) < 4.78 is 2.01. The van der Waals surface area contributed by atoms with E-state index in [9.17, 15) is 0 Å². The molecule has 0 aliphatic rings. The van der Waals surface area contributed by atoms with Gasteiger partial charge in [-0.3, -0.25) is 0 Å². The first-order valence-corrected chi connectivity index (χ1v) is 8.29. The minimum atomic E-state index is 0.745. The molecule has 4 aromatic rings. The average molecular weight is 317 g/mol. The van der Waals surface area contributed by atoms with Crippen LogP contribution >= 0.6 is 0 Å². The number of para-hydroxylation sites is 1. The molecule has 0 aliphatic carbocycles. The summed E-state index contributed by atoms with van der Waals surface area (Å²) in [6, 6.07) is 16.5. The zero-order valence-corrected chi connectivity index (χ0v) is 13.8. The molecule has 0 bridgehead atoms. The Kier molecular flexibility index (Phi) is 3.61. The van der Waals surface area contributed by atoms with Crippen molar-refractivity contribution >= 4 is 28.2 Å². The molecule has 0 fully saturated rings. The van der Waals surface area contributed by atoms with Gasteiger partial charge in [-0.05, 0) is 36.2 Å². The molecule has 0 spiro atoms. The summed E-state index contributed by atoms with van der Waals surface area (Å²) in [5.74, 6) is 1.64. The number of aromatic nitrogens is 4. The van der Waals surface area contributed by atoms with Crippen molar-refractivity contribution in [3.05, 3.63) is 59.9 Å². The number of nitrogens with one attached hydrogen (secondary N) is 1. The largest absolute Gasteiger partial charge is 0.325 e. The lowest BCUT2D eigenvalue weighted by molar-refractivity contribution is 0.904. The Morgan fingerprint density at radius 3 is 2.46 bits per heavy atom. The van der Waals surface area contributed by atoms with E-state index in [1.54, 1.807) is 0 Å². The van der Waals surface area contributed by atoms with Gasteiger partial charge in [-0.25, -0.2) is 9.38 Å². The molecule has 0 saturated carbocycles. The van der Waals surface area contributed by atoms with Crippen LogP contribution in [0.15, 0.2) is 48.5 Å². The number of anilines is 2. The third-order valence-corrected chi connectivity index (χ3v) is 4.25. The SMILES string of the molecule is CCc1ccc(Nc2nc3ccccc3c3nnc(CC)n23)cc1. The predicted octanol–water partition coefficient (Wildman–Crippen LogP) is 4.15. The molecule has 4 rings (SSSR count). The van der Waals surface area contributed by atoms with Crippen LogP contribution in [-0.2, 0) is 12.8 Å². The zero-order chi connectivity index (χ0) is 16.5. The highest BCUT2D eigenvalue weighted by atomic mass is 15.3. The molecule has 2 heterocycles. The van der Waals surface area contributed by atoms with E-state index in [1.165, 1.54) is 5.56 Å². The maximum atomic E-state index is 4.79. The van der Waals surface area contributed by atoms with Crippen molar-refractivity contribution in [2.45, 2.75) is 26.7 Å². The molecule has 0 unspecified atom stereocenters. The van der Waals surface area contributed by atoms with Crippen LogP contribution in [0.3, 0.4) is 0 Å². The van der Waals surface area contributed by atoms with E-state index in [1.807, 2.05) is 28.7 Å². The van der Waals surface area contributed by atoms with Crippen LogP contribution in [0.1, 0.15) is 25.2 Å². The summed E-state index contributed by atoms with van der Waals surface area (Å²) in [7, 11) is 0. The zero-order valence-electron chi connectivity index (χ0n) is 13.8. The molecule has 2 aromatic heterocycles. The fourth-order valence-electron chi connectivity index (χ4n) is 2.90. The number of hydrogen-bond acceptors (Lipinski definition) is 4. The molecule has 1 N–H and O–H groups in total. The Morgan fingerprint density at radius 1 is 0.917 bits per heavy atom. The van der Waals surface area contributed by atoms with Gasteiger partial charge >= 0.3 is 0 Å². The second-order valence-electron chi connectivity index (χ2n) is 5.76. The number of fused-ring (bicyclic) bond motifs is 3. The lowest BCUT2D eigenvalue weighted by Crippen LogP contribution is -2.05. The number of hydrogen-bond donors (Lipinski definition) is 1. The van der Waals surface area contributed by atoms with Crippen molar-refractivity contribution in [1.29, 1.82) is 0 Å². The fourth-order valence-corrected chi connectivity index (χ4v) is 2.90. The molecule has 0 amide bonds. The highest BCUT2D eigenvalue weighted by molar-refractivity contribution is 5.92. The number of aryl methyl sites for hydroxylation is 2. The summed E-state index contributed by atoms with van der Waals surface area (Å²) >= 11 is 0. The normalized spacial score (nSPS) is 11.2. The molecular weight excluding hydrogens is 298 g/mol. The Labute approximate surface area is 140 Å². The number of nitrogens with zero attached hydrogens (tertiary/aromatic N) is 4. The van der Waals surface area contributed by atoms with Crippen molar-refractivity contribution in [3.63, 3.8) is 0 Å². The van der Waals surface area contributed by atoms with Crippen molar-refractivity contribution in [3.8, 4) is 0 Å². The van der Waals surface area contributed by atoms with Crippen LogP contribution in [0.5, 0.6) is 0 Å². The molecule has 24 heavy (non-hydrogen) atoms. The lowest BCUT2D eigenvalue weighted by atomic mass is 10.1. The van der Waals surface area contributed by atoms with Gasteiger partial charge in [0.25, 0.3) is 0 Å². The Bertz CT molecular complexity index is 1000. The van der Waals surface area contributed by atoms with Crippen molar-refractivity contribution in [2.24, 2.45) is 0 Å². The van der Waals surface area contributed by atoms with E-state index in [2.05, 4.69) is 53.6 Å². The first kappa shape index (κ1) is 14.6. The van der Waals surface area contributed by atoms with E-state index >= 15 is 0 Å². The topological polar surface area (TPSA) is 55.1 Å². The van der Waals surface area contributed by atoms with Crippen LogP contribution in [0.2, 0.25) is 0 Å². The molecule has 5 nitrogen and oxygen atoms in total. The first-order chi connectivity index (χ1) is 11.8. The molecule has 2 aromatic carbocycles. The van der Waals surface area contributed by atoms with Gasteiger partial charge in [-0.2, -0.15) is 0 Å². The standard InChI is InChI=1S/C19H19N5/c1-3-13-9-11-14(12-10-13)20-19-21-16-8-6-5-7-15(16)18-23-22-17(4-2)24(18)19/h5-12H,3-4H2,1-2H3,(H,20,21). The van der Waals surface area contributed by atoms with Gasteiger partial charge in [0.1, 0.15) is 5.82 Å². The van der Waals surface area contributed by atoms with Crippen molar-refractivity contribution in [1.82, 2.24) is 19.6 Å².